The summed E-state index contributed by atoms with van der Waals surface area (Å²) in [4.78, 5) is 9.10. The first kappa shape index (κ1) is 19.1. The zero-order valence-electron chi connectivity index (χ0n) is 15.2. The molecule has 6 heteroatoms. The van der Waals surface area contributed by atoms with Crippen LogP contribution in [-0.2, 0) is 13.1 Å². The highest BCUT2D eigenvalue weighted by Gasteiger charge is 2.10. The Labute approximate surface area is 154 Å². The Morgan fingerprint density at radius 3 is 2.68 bits per heavy atom. The van der Waals surface area contributed by atoms with Gasteiger partial charge >= 0.3 is 0 Å². The lowest BCUT2D eigenvalue weighted by atomic mass is 10.1. The predicted octanol–water partition coefficient (Wildman–Crippen LogP) is 3.62. The van der Waals surface area contributed by atoms with Gasteiger partial charge in [0, 0.05) is 28.9 Å². The van der Waals surface area contributed by atoms with E-state index in [0.29, 0.717) is 13.1 Å². The Hall–Kier alpha value is -2.27. The van der Waals surface area contributed by atoms with Crippen LogP contribution in [0, 0.1) is 13.8 Å². The predicted molar refractivity (Wildman–Crippen MR) is 103 cm³/mol. The third-order valence-electron chi connectivity index (χ3n) is 3.88. The third-order valence-corrected chi connectivity index (χ3v) is 4.25. The molecule has 0 saturated heterocycles. The highest BCUT2D eigenvalue weighted by molar-refractivity contribution is 6.31. The molecule has 1 aromatic heterocycles. The molecular formula is C19H25ClN4O. The zero-order chi connectivity index (χ0) is 18.2. The first-order valence-electron chi connectivity index (χ1n) is 8.31. The zero-order valence-corrected chi connectivity index (χ0v) is 15.9. The first-order valence-corrected chi connectivity index (χ1v) is 8.69. The van der Waals surface area contributed by atoms with Gasteiger partial charge < -0.3 is 15.4 Å². The van der Waals surface area contributed by atoms with Gasteiger partial charge in [0.05, 0.1) is 25.9 Å². The molecule has 2 N–H and O–H groups in total. The van der Waals surface area contributed by atoms with Crippen molar-refractivity contribution in [3.8, 4) is 5.75 Å². The Morgan fingerprint density at radius 2 is 2.00 bits per heavy atom. The van der Waals surface area contributed by atoms with Crippen molar-refractivity contribution in [2.45, 2.75) is 33.9 Å². The molecule has 0 radical (unpaired) electrons. The summed E-state index contributed by atoms with van der Waals surface area (Å²) in [7, 11) is 1.68. The third kappa shape index (κ3) is 5.10. The van der Waals surface area contributed by atoms with Crippen LogP contribution in [-0.4, -0.2) is 24.6 Å². The lowest BCUT2D eigenvalue weighted by molar-refractivity contribution is 0.406. The monoisotopic (exact) mass is 360 g/mol. The fourth-order valence-electron chi connectivity index (χ4n) is 2.55. The molecule has 0 bridgehead atoms. The molecule has 0 saturated carbocycles. The minimum absolute atomic E-state index is 0.513. The van der Waals surface area contributed by atoms with Crippen molar-refractivity contribution in [2.24, 2.45) is 4.99 Å². The van der Waals surface area contributed by atoms with Gasteiger partial charge in [0.1, 0.15) is 5.75 Å². The average molecular weight is 361 g/mol. The van der Waals surface area contributed by atoms with Gasteiger partial charge in [0.15, 0.2) is 5.96 Å². The molecule has 0 aliphatic heterocycles. The second-order valence-electron chi connectivity index (χ2n) is 5.69. The van der Waals surface area contributed by atoms with Crippen molar-refractivity contribution in [1.29, 1.82) is 0 Å². The second-order valence-corrected chi connectivity index (χ2v) is 6.09. The largest absolute Gasteiger partial charge is 0.496 e. The van der Waals surface area contributed by atoms with Gasteiger partial charge in [-0.15, -0.1) is 0 Å². The SMILES string of the molecule is CCNC(=NCc1ccccc1Cl)NCc1ncc(C)c(OC)c1C. The van der Waals surface area contributed by atoms with E-state index in [1.54, 1.807) is 7.11 Å². The van der Waals surface area contributed by atoms with Crippen LogP contribution >= 0.6 is 11.6 Å². The molecule has 0 aliphatic rings. The maximum absolute atomic E-state index is 6.19. The molecule has 0 unspecified atom stereocenters. The molecule has 0 atom stereocenters. The minimum Gasteiger partial charge on any atom is -0.496 e. The maximum Gasteiger partial charge on any atom is 0.191 e. The number of nitrogens with one attached hydrogen (secondary N) is 2. The number of hydrogen-bond donors (Lipinski definition) is 2. The highest BCUT2D eigenvalue weighted by Crippen LogP contribution is 2.23. The van der Waals surface area contributed by atoms with E-state index < -0.39 is 0 Å². The van der Waals surface area contributed by atoms with E-state index in [1.807, 2.05) is 51.2 Å². The van der Waals surface area contributed by atoms with Gasteiger partial charge in [-0.1, -0.05) is 29.8 Å². The number of ether oxygens (including phenoxy) is 1. The summed E-state index contributed by atoms with van der Waals surface area (Å²) < 4.78 is 5.46. The second kappa shape index (κ2) is 9.28. The number of pyridine rings is 1. The molecule has 25 heavy (non-hydrogen) atoms. The summed E-state index contributed by atoms with van der Waals surface area (Å²) in [6.45, 7) is 7.90. The van der Waals surface area contributed by atoms with Crippen LogP contribution in [0.25, 0.3) is 0 Å². The van der Waals surface area contributed by atoms with Crippen LogP contribution in [0.15, 0.2) is 35.5 Å². The van der Waals surface area contributed by atoms with Crippen molar-refractivity contribution in [3.63, 3.8) is 0 Å². The summed E-state index contributed by atoms with van der Waals surface area (Å²) in [5, 5.41) is 7.28. The number of halogens is 1. The van der Waals surface area contributed by atoms with Gasteiger partial charge in [-0.05, 0) is 32.4 Å². The van der Waals surface area contributed by atoms with Gasteiger partial charge in [-0.2, -0.15) is 0 Å². The van der Waals surface area contributed by atoms with Crippen molar-refractivity contribution in [1.82, 2.24) is 15.6 Å². The molecule has 0 amide bonds. The molecule has 1 aromatic carbocycles. The fraction of sp³-hybridized carbons (Fsp3) is 0.368. The highest BCUT2D eigenvalue weighted by atomic mass is 35.5. The van der Waals surface area contributed by atoms with Crippen molar-refractivity contribution in [3.05, 3.63) is 57.9 Å². The molecule has 0 aliphatic carbocycles. The van der Waals surface area contributed by atoms with Gasteiger partial charge in [0.2, 0.25) is 0 Å². The Bertz CT molecular complexity index is 746. The molecular weight excluding hydrogens is 336 g/mol. The Kier molecular flexibility index (Phi) is 7.07. The van der Waals surface area contributed by atoms with E-state index >= 15 is 0 Å². The van der Waals surface area contributed by atoms with E-state index in [2.05, 4.69) is 20.6 Å². The van der Waals surface area contributed by atoms with E-state index in [4.69, 9.17) is 16.3 Å². The fourth-order valence-corrected chi connectivity index (χ4v) is 2.74. The molecule has 0 spiro atoms. The number of aryl methyl sites for hydroxylation is 1. The van der Waals surface area contributed by atoms with Crippen LogP contribution in [0.3, 0.4) is 0 Å². The first-order chi connectivity index (χ1) is 12.1. The normalized spacial score (nSPS) is 11.3. The summed E-state index contributed by atoms with van der Waals surface area (Å²) in [5.74, 6) is 1.60. The lowest BCUT2D eigenvalue weighted by Crippen LogP contribution is -2.37. The number of guanidine groups is 1. The van der Waals surface area contributed by atoms with E-state index in [9.17, 15) is 0 Å². The Balaban J connectivity index is 2.09. The number of aliphatic imine (C=N–C) groups is 1. The van der Waals surface area contributed by atoms with Crippen LogP contribution in [0.5, 0.6) is 5.75 Å². The lowest BCUT2D eigenvalue weighted by Gasteiger charge is -2.15. The quantitative estimate of drug-likeness (QED) is 0.610. The van der Waals surface area contributed by atoms with Crippen molar-refractivity contribution < 1.29 is 4.74 Å². The topological polar surface area (TPSA) is 58.5 Å². The van der Waals surface area contributed by atoms with Crippen LogP contribution < -0.4 is 15.4 Å². The smallest absolute Gasteiger partial charge is 0.191 e. The summed E-state index contributed by atoms with van der Waals surface area (Å²) >= 11 is 6.19. The van der Waals surface area contributed by atoms with E-state index in [1.165, 1.54) is 0 Å². The summed E-state index contributed by atoms with van der Waals surface area (Å²) in [6.07, 6.45) is 1.83. The number of nitrogens with zero attached hydrogens (tertiary/aromatic N) is 2. The van der Waals surface area contributed by atoms with E-state index in [0.717, 1.165) is 45.7 Å². The number of benzene rings is 1. The number of aromatic nitrogens is 1. The Morgan fingerprint density at radius 1 is 1.24 bits per heavy atom. The number of methoxy groups -OCH3 is 1. The average Bonchev–Trinajstić information content (AvgIpc) is 2.60. The van der Waals surface area contributed by atoms with Crippen LogP contribution in [0.4, 0.5) is 0 Å². The van der Waals surface area contributed by atoms with Crippen molar-refractivity contribution in [2.75, 3.05) is 13.7 Å². The standard InChI is InChI=1S/C19H25ClN4O/c1-5-21-19(23-11-15-8-6-7-9-16(15)20)24-12-17-14(3)18(25-4)13(2)10-22-17/h6-10H,5,11-12H2,1-4H3,(H2,21,23,24). The van der Waals surface area contributed by atoms with Crippen LogP contribution in [0.1, 0.15) is 29.3 Å². The molecule has 1 heterocycles. The molecule has 2 aromatic rings. The number of rotatable bonds is 6. The molecule has 5 nitrogen and oxygen atoms in total. The van der Waals surface area contributed by atoms with Crippen molar-refractivity contribution >= 4 is 17.6 Å². The molecule has 134 valence electrons. The van der Waals surface area contributed by atoms with Gasteiger partial charge in [-0.3, -0.25) is 4.98 Å². The summed E-state index contributed by atoms with van der Waals surface area (Å²) in [6, 6.07) is 7.73. The minimum atomic E-state index is 0.513. The molecule has 0 fully saturated rings. The van der Waals surface area contributed by atoms with E-state index in [-0.39, 0.29) is 0 Å². The number of hydrogen-bond acceptors (Lipinski definition) is 3. The maximum atomic E-state index is 6.19. The van der Waals surface area contributed by atoms with Gasteiger partial charge in [0.25, 0.3) is 0 Å². The van der Waals surface area contributed by atoms with Crippen LogP contribution in [0.2, 0.25) is 5.02 Å². The van der Waals surface area contributed by atoms with Gasteiger partial charge in [-0.25, -0.2) is 4.99 Å². The molecule has 2 rings (SSSR count). The summed E-state index contributed by atoms with van der Waals surface area (Å²) in [5.41, 5.74) is 4.00.